The number of fused-ring (bicyclic) bond motifs is 1. The van der Waals surface area contributed by atoms with Gasteiger partial charge in [0.2, 0.25) is 0 Å². The predicted molar refractivity (Wildman–Crippen MR) is 80.0 cm³/mol. The van der Waals surface area contributed by atoms with Crippen LogP contribution in [-0.4, -0.2) is 29.1 Å². The summed E-state index contributed by atoms with van der Waals surface area (Å²) in [5.41, 5.74) is 3.24. The fraction of sp³-hybridized carbons (Fsp3) is 0.176. The monoisotopic (exact) mass is 278 g/mol. The van der Waals surface area contributed by atoms with Gasteiger partial charge in [-0.2, -0.15) is 0 Å². The van der Waals surface area contributed by atoms with Crippen molar-refractivity contribution >= 4 is 11.6 Å². The molecule has 1 N–H and O–H groups in total. The van der Waals surface area contributed by atoms with Crippen molar-refractivity contribution in [1.29, 1.82) is 0 Å². The summed E-state index contributed by atoms with van der Waals surface area (Å²) in [6, 6.07) is 11.3. The molecule has 1 aromatic carbocycles. The van der Waals surface area contributed by atoms with E-state index in [2.05, 4.69) is 16.8 Å². The van der Waals surface area contributed by atoms with E-state index in [4.69, 9.17) is 5.11 Å². The van der Waals surface area contributed by atoms with Gasteiger partial charge < -0.3 is 10.0 Å². The molecule has 2 heterocycles. The molecule has 0 aliphatic carbocycles. The lowest BCUT2D eigenvalue weighted by Crippen LogP contribution is -2.29. The molecule has 2 aromatic rings. The Hall–Kier alpha value is -2.64. The largest absolute Gasteiger partial charge is 0.384 e. The number of hydrogen-bond acceptors (Lipinski definition) is 3. The van der Waals surface area contributed by atoms with Crippen molar-refractivity contribution in [2.24, 2.45) is 0 Å². The maximum atomic E-state index is 12.5. The van der Waals surface area contributed by atoms with E-state index in [0.717, 1.165) is 12.1 Å². The number of para-hydroxylation sites is 1. The highest BCUT2D eigenvalue weighted by molar-refractivity contribution is 6.06. The van der Waals surface area contributed by atoms with Gasteiger partial charge in [0, 0.05) is 24.0 Å². The third-order valence-corrected chi connectivity index (χ3v) is 3.43. The van der Waals surface area contributed by atoms with E-state index in [1.165, 1.54) is 5.56 Å². The lowest BCUT2D eigenvalue weighted by Gasteiger charge is -2.16. The molecule has 4 nitrogen and oxygen atoms in total. The lowest BCUT2D eigenvalue weighted by atomic mass is 10.2. The zero-order valence-electron chi connectivity index (χ0n) is 11.4. The number of nitrogens with zero attached hydrogens (tertiary/aromatic N) is 2. The second kappa shape index (κ2) is 5.78. The molecule has 0 unspecified atom stereocenters. The van der Waals surface area contributed by atoms with Gasteiger partial charge in [-0.05, 0) is 30.2 Å². The van der Waals surface area contributed by atoms with Crippen molar-refractivity contribution in [3.05, 3.63) is 59.4 Å². The van der Waals surface area contributed by atoms with E-state index in [1.807, 2.05) is 24.3 Å². The first kappa shape index (κ1) is 13.3. The summed E-state index contributed by atoms with van der Waals surface area (Å²) >= 11 is 0. The maximum Gasteiger partial charge on any atom is 0.276 e. The molecule has 1 amide bonds. The van der Waals surface area contributed by atoms with E-state index >= 15 is 0 Å². The first-order valence-electron chi connectivity index (χ1n) is 6.75. The third-order valence-electron chi connectivity index (χ3n) is 3.43. The van der Waals surface area contributed by atoms with Gasteiger partial charge in [-0.25, -0.2) is 4.98 Å². The predicted octanol–water partition coefficient (Wildman–Crippen LogP) is 1.63. The Morgan fingerprint density at radius 1 is 1.29 bits per heavy atom. The molecule has 0 saturated carbocycles. The minimum atomic E-state index is -0.189. The third kappa shape index (κ3) is 2.64. The Morgan fingerprint density at radius 2 is 2.14 bits per heavy atom. The van der Waals surface area contributed by atoms with Crippen LogP contribution in [0.3, 0.4) is 0 Å². The number of carbonyl (C=O) groups excluding carboxylic acids is 1. The quantitative estimate of drug-likeness (QED) is 0.807. The Bertz CT molecular complexity index is 726. The molecule has 1 aliphatic rings. The molecule has 21 heavy (non-hydrogen) atoms. The van der Waals surface area contributed by atoms with Gasteiger partial charge in [-0.15, -0.1) is 0 Å². The topological polar surface area (TPSA) is 53.4 Å². The highest BCUT2D eigenvalue weighted by Gasteiger charge is 2.25. The van der Waals surface area contributed by atoms with Crippen LogP contribution in [0, 0.1) is 11.8 Å². The summed E-state index contributed by atoms with van der Waals surface area (Å²) in [6.45, 7) is 0.497. The van der Waals surface area contributed by atoms with Gasteiger partial charge in [0.05, 0.1) is 0 Å². The molecule has 104 valence electrons. The fourth-order valence-corrected chi connectivity index (χ4v) is 2.42. The van der Waals surface area contributed by atoms with Gasteiger partial charge in [0.15, 0.2) is 0 Å². The van der Waals surface area contributed by atoms with E-state index in [-0.39, 0.29) is 12.5 Å². The van der Waals surface area contributed by atoms with E-state index < -0.39 is 0 Å². The molecular formula is C17H14N2O2. The van der Waals surface area contributed by atoms with Crippen molar-refractivity contribution in [1.82, 2.24) is 4.98 Å². The normalized spacial score (nSPS) is 12.5. The minimum Gasteiger partial charge on any atom is -0.384 e. The minimum absolute atomic E-state index is 0.0957. The van der Waals surface area contributed by atoms with Crippen molar-refractivity contribution in [2.45, 2.75) is 6.42 Å². The fourth-order valence-electron chi connectivity index (χ4n) is 2.42. The molecule has 3 rings (SSSR count). The van der Waals surface area contributed by atoms with Crippen LogP contribution in [0.5, 0.6) is 0 Å². The second-order valence-electron chi connectivity index (χ2n) is 4.73. The van der Waals surface area contributed by atoms with Gasteiger partial charge in [0.1, 0.15) is 12.3 Å². The van der Waals surface area contributed by atoms with Gasteiger partial charge >= 0.3 is 0 Å². The van der Waals surface area contributed by atoms with Crippen molar-refractivity contribution in [2.75, 3.05) is 18.1 Å². The van der Waals surface area contributed by atoms with E-state index in [0.29, 0.717) is 17.8 Å². The number of aliphatic hydroxyl groups excluding tert-OH is 1. The Labute approximate surface area is 123 Å². The van der Waals surface area contributed by atoms with E-state index in [9.17, 15) is 4.79 Å². The molecule has 4 heteroatoms. The van der Waals surface area contributed by atoms with Crippen molar-refractivity contribution < 1.29 is 9.90 Å². The lowest BCUT2D eigenvalue weighted by molar-refractivity contribution is 0.0984. The molecular weight excluding hydrogens is 264 g/mol. The molecule has 0 atom stereocenters. The highest BCUT2D eigenvalue weighted by atomic mass is 16.2. The summed E-state index contributed by atoms with van der Waals surface area (Å²) in [4.78, 5) is 18.5. The molecule has 0 fully saturated rings. The van der Waals surface area contributed by atoms with Crippen LogP contribution in [0.4, 0.5) is 5.69 Å². The van der Waals surface area contributed by atoms with Crippen LogP contribution in [-0.2, 0) is 6.42 Å². The van der Waals surface area contributed by atoms with Gasteiger partial charge in [-0.1, -0.05) is 30.0 Å². The van der Waals surface area contributed by atoms with Gasteiger partial charge in [-0.3, -0.25) is 4.79 Å². The number of aromatic nitrogens is 1. The summed E-state index contributed by atoms with van der Waals surface area (Å²) in [7, 11) is 0. The number of benzene rings is 1. The SMILES string of the molecule is O=C(c1ccc(C#CCO)cn1)N1CCc2ccccc21. The highest BCUT2D eigenvalue weighted by Crippen LogP contribution is 2.28. The smallest absolute Gasteiger partial charge is 0.276 e. The number of hydrogen-bond donors (Lipinski definition) is 1. The average molecular weight is 278 g/mol. The number of rotatable bonds is 1. The maximum absolute atomic E-state index is 12.5. The number of anilines is 1. The molecule has 1 aromatic heterocycles. The zero-order valence-corrected chi connectivity index (χ0v) is 11.4. The number of carbonyl (C=O) groups is 1. The average Bonchev–Trinajstić information content (AvgIpc) is 2.97. The van der Waals surface area contributed by atoms with Crippen LogP contribution in [0.1, 0.15) is 21.6 Å². The standard InChI is InChI=1S/C17H14N2O2/c20-11-3-4-13-7-8-15(18-12-13)17(21)19-10-9-14-5-1-2-6-16(14)19/h1-2,5-8,12,20H,9-11H2. The van der Waals surface area contributed by atoms with Crippen molar-refractivity contribution in [3.63, 3.8) is 0 Å². The number of aliphatic hydroxyl groups is 1. The summed E-state index contributed by atoms with van der Waals surface area (Å²) in [5, 5.41) is 8.65. The Balaban J connectivity index is 1.83. The summed E-state index contributed by atoms with van der Waals surface area (Å²) in [6.07, 6.45) is 2.43. The molecule has 0 radical (unpaired) electrons. The zero-order chi connectivity index (χ0) is 14.7. The second-order valence-corrected chi connectivity index (χ2v) is 4.73. The van der Waals surface area contributed by atoms with Crippen LogP contribution in [0.2, 0.25) is 0 Å². The van der Waals surface area contributed by atoms with Gasteiger partial charge in [0.25, 0.3) is 5.91 Å². The van der Waals surface area contributed by atoms with Crippen LogP contribution in [0.15, 0.2) is 42.6 Å². The first-order chi connectivity index (χ1) is 10.3. The van der Waals surface area contributed by atoms with E-state index in [1.54, 1.807) is 23.2 Å². The number of pyridine rings is 1. The Kier molecular flexibility index (Phi) is 3.67. The van der Waals surface area contributed by atoms with Crippen LogP contribution >= 0.6 is 0 Å². The Morgan fingerprint density at radius 3 is 2.90 bits per heavy atom. The molecule has 0 bridgehead atoms. The number of amides is 1. The summed E-state index contributed by atoms with van der Waals surface area (Å²) < 4.78 is 0. The molecule has 1 aliphatic heterocycles. The molecule has 0 saturated heterocycles. The van der Waals surface area contributed by atoms with Crippen LogP contribution < -0.4 is 4.90 Å². The molecule has 0 spiro atoms. The summed E-state index contributed by atoms with van der Waals surface area (Å²) in [5.74, 6) is 5.21. The first-order valence-corrected chi connectivity index (χ1v) is 6.75. The van der Waals surface area contributed by atoms with Crippen molar-refractivity contribution in [3.8, 4) is 11.8 Å². The van der Waals surface area contributed by atoms with Crippen LogP contribution in [0.25, 0.3) is 0 Å².